The van der Waals surface area contributed by atoms with Gasteiger partial charge in [0.25, 0.3) is 20.2 Å². The molecule has 0 radical (unpaired) electrons. The molecule has 0 saturated heterocycles. The fourth-order valence-corrected chi connectivity index (χ4v) is 7.05. The van der Waals surface area contributed by atoms with Crippen LogP contribution in [0.25, 0.3) is 32.7 Å². The number of rotatable bonds is 9. The third-order valence-electron chi connectivity index (χ3n) is 8.12. The minimum absolute atomic E-state index is 0.0952. The molecule has 0 atom stereocenters. The first-order valence-corrected chi connectivity index (χ1v) is 17.9. The Bertz CT molecular complexity index is 2700. The van der Waals surface area contributed by atoms with Crippen molar-refractivity contribution in [2.75, 3.05) is 11.5 Å². The van der Waals surface area contributed by atoms with Gasteiger partial charge in [-0.1, -0.05) is 36.4 Å². The Morgan fingerprint density at radius 3 is 1.20 bits per heavy atom. The van der Waals surface area contributed by atoms with Crippen molar-refractivity contribution in [1.82, 2.24) is 0 Å². The molecule has 0 amide bonds. The fraction of sp³-hybridized carbons (Fsp3) is 0. The minimum Gasteiger partial charge on any atom is -0.507 e. The zero-order valence-corrected chi connectivity index (χ0v) is 28.6. The Hall–Kier alpha value is -7.00. The first kappa shape index (κ1) is 36.8. The molecule has 0 aliphatic heterocycles. The van der Waals surface area contributed by atoms with E-state index in [4.69, 9.17) is 11.5 Å². The molecule has 18 nitrogen and oxygen atoms in total. The molecule has 274 valence electrons. The normalized spacial score (nSPS) is 12.3. The van der Waals surface area contributed by atoms with E-state index in [0.29, 0.717) is 0 Å². The molecule has 6 aromatic carbocycles. The van der Waals surface area contributed by atoms with Crippen molar-refractivity contribution in [3.8, 4) is 22.6 Å². The molecule has 0 heterocycles. The number of hydrogen-bond donors (Lipinski definition) is 8. The standard InChI is InChI=1S/C34H24N6O12S2/c35-31-23(13-27(53(47,48)49)17-3-1-5-25(41)29(17)31)39-37-21-9-7-15(11-19(21)33(43)44)16-8-10-22(20(12-16)34(45)46)38-40-24-14-28(54(50,51)52)18-4-2-6-26(42)30(18)32(24)36/h1-14,41-42H,35-36H2,(H,43,44)(H,45,46)(H,47,48,49)(H,50,51,52)/b39-37+,40-38+. The van der Waals surface area contributed by atoms with Gasteiger partial charge in [0.1, 0.15) is 44.0 Å². The van der Waals surface area contributed by atoms with E-state index in [0.717, 1.165) is 24.3 Å². The van der Waals surface area contributed by atoms with E-state index in [1.807, 2.05) is 0 Å². The summed E-state index contributed by atoms with van der Waals surface area (Å²) in [6.45, 7) is 0. The van der Waals surface area contributed by atoms with Gasteiger partial charge in [-0.3, -0.25) is 9.11 Å². The van der Waals surface area contributed by atoms with Gasteiger partial charge in [-0.25, -0.2) is 9.59 Å². The monoisotopic (exact) mass is 772 g/mol. The van der Waals surface area contributed by atoms with Crippen LogP contribution in [0.1, 0.15) is 20.7 Å². The number of anilines is 2. The predicted molar refractivity (Wildman–Crippen MR) is 194 cm³/mol. The van der Waals surface area contributed by atoms with Gasteiger partial charge in [0.2, 0.25) is 0 Å². The van der Waals surface area contributed by atoms with Gasteiger partial charge in [0.05, 0.1) is 33.3 Å². The highest BCUT2D eigenvalue weighted by Crippen LogP contribution is 2.43. The molecule has 10 N–H and O–H groups in total. The van der Waals surface area contributed by atoms with Crippen molar-refractivity contribution in [2.45, 2.75) is 9.79 Å². The largest absolute Gasteiger partial charge is 0.507 e. The number of benzene rings is 6. The topological polar surface area (TPSA) is 325 Å². The van der Waals surface area contributed by atoms with Crippen LogP contribution in [0, 0.1) is 0 Å². The average molecular weight is 773 g/mol. The smallest absolute Gasteiger partial charge is 0.337 e. The number of carboxylic acid groups (broad SMARTS) is 2. The van der Waals surface area contributed by atoms with Gasteiger partial charge in [-0.15, -0.1) is 20.5 Å². The number of aromatic carboxylic acids is 2. The van der Waals surface area contributed by atoms with Crippen molar-refractivity contribution in [3.05, 3.63) is 96.1 Å². The summed E-state index contributed by atoms with van der Waals surface area (Å²) in [5.74, 6) is -3.78. The van der Waals surface area contributed by atoms with Crippen LogP contribution in [-0.4, -0.2) is 58.3 Å². The van der Waals surface area contributed by atoms with Crippen LogP contribution in [0.5, 0.6) is 11.5 Å². The molecule has 0 aliphatic rings. The third kappa shape index (κ3) is 6.82. The lowest BCUT2D eigenvalue weighted by molar-refractivity contribution is 0.0686. The molecule has 0 aliphatic carbocycles. The fourth-order valence-electron chi connectivity index (χ4n) is 5.63. The van der Waals surface area contributed by atoms with Crippen molar-refractivity contribution >= 4 is 87.8 Å². The van der Waals surface area contributed by atoms with Crippen LogP contribution in [0.4, 0.5) is 34.1 Å². The summed E-state index contributed by atoms with van der Waals surface area (Å²) in [5, 5.41) is 55.9. The van der Waals surface area contributed by atoms with Crippen LogP contribution >= 0.6 is 0 Å². The van der Waals surface area contributed by atoms with E-state index in [9.17, 15) is 56.0 Å². The Morgan fingerprint density at radius 2 is 0.870 bits per heavy atom. The van der Waals surface area contributed by atoms with Crippen molar-refractivity contribution in [3.63, 3.8) is 0 Å². The molecule has 0 fully saturated rings. The van der Waals surface area contributed by atoms with E-state index >= 15 is 0 Å². The van der Waals surface area contributed by atoms with Crippen LogP contribution in [-0.2, 0) is 20.2 Å². The highest BCUT2D eigenvalue weighted by molar-refractivity contribution is 7.86. The Labute approximate surface area is 303 Å². The summed E-state index contributed by atoms with van der Waals surface area (Å²) in [7, 11) is -9.68. The van der Waals surface area contributed by atoms with Crippen molar-refractivity contribution < 1.29 is 56.0 Å². The highest BCUT2D eigenvalue weighted by atomic mass is 32.2. The zero-order valence-electron chi connectivity index (χ0n) is 27.0. The number of nitrogen functional groups attached to an aromatic ring is 2. The lowest BCUT2D eigenvalue weighted by atomic mass is 9.99. The summed E-state index contributed by atoms with van der Waals surface area (Å²) < 4.78 is 68.0. The van der Waals surface area contributed by atoms with Gasteiger partial charge >= 0.3 is 11.9 Å². The zero-order chi connectivity index (χ0) is 39.3. The quantitative estimate of drug-likeness (QED) is 0.0418. The number of hydrogen-bond acceptors (Lipinski definition) is 14. The van der Waals surface area contributed by atoms with Gasteiger partial charge in [0, 0.05) is 10.8 Å². The number of carbonyl (C=O) groups is 2. The van der Waals surface area contributed by atoms with E-state index in [1.54, 1.807) is 0 Å². The maximum atomic E-state index is 12.3. The molecule has 6 rings (SSSR count). The number of fused-ring (bicyclic) bond motifs is 2. The number of phenolic OH excluding ortho intramolecular Hbond substituents is 2. The van der Waals surface area contributed by atoms with Crippen LogP contribution in [0.2, 0.25) is 0 Å². The number of nitrogens with two attached hydrogens (primary N) is 2. The van der Waals surface area contributed by atoms with Crippen LogP contribution in [0.15, 0.2) is 115 Å². The lowest BCUT2D eigenvalue weighted by Crippen LogP contribution is -2.01. The van der Waals surface area contributed by atoms with Crippen molar-refractivity contribution in [1.29, 1.82) is 0 Å². The first-order chi connectivity index (χ1) is 25.4. The highest BCUT2D eigenvalue weighted by Gasteiger charge is 2.23. The number of azo groups is 2. The summed E-state index contributed by atoms with van der Waals surface area (Å²) >= 11 is 0. The molecule has 0 aromatic heterocycles. The second-order valence-electron chi connectivity index (χ2n) is 11.4. The van der Waals surface area contributed by atoms with Crippen molar-refractivity contribution in [2.24, 2.45) is 20.5 Å². The SMILES string of the molecule is Nc1c(/N=N/c2ccc(-c3ccc(/N=N/c4cc(S(=O)(=O)O)c5cccc(O)c5c4N)c(C(=O)O)c3)cc2C(=O)O)cc(S(=O)(=O)O)c2cccc(O)c12. The molecule has 0 saturated carbocycles. The van der Waals surface area contributed by atoms with Gasteiger partial charge in [0.15, 0.2) is 0 Å². The van der Waals surface area contributed by atoms with E-state index in [2.05, 4.69) is 20.5 Å². The molecular weight excluding hydrogens is 749 g/mol. The second-order valence-corrected chi connectivity index (χ2v) is 14.2. The number of phenols is 2. The van der Waals surface area contributed by atoms with Crippen LogP contribution < -0.4 is 11.5 Å². The molecular formula is C34H24N6O12S2. The molecule has 0 bridgehead atoms. The van der Waals surface area contributed by atoms with Gasteiger partial charge in [-0.2, -0.15) is 16.8 Å². The first-order valence-electron chi connectivity index (χ1n) is 15.0. The minimum atomic E-state index is -4.84. The predicted octanol–water partition coefficient (Wildman–Crippen LogP) is 6.96. The summed E-state index contributed by atoms with van der Waals surface area (Å²) in [4.78, 5) is 23.3. The molecule has 0 spiro atoms. The Kier molecular flexibility index (Phi) is 9.21. The molecule has 54 heavy (non-hydrogen) atoms. The Morgan fingerprint density at radius 1 is 0.519 bits per heavy atom. The molecule has 0 unspecified atom stereocenters. The van der Waals surface area contributed by atoms with E-state index < -0.39 is 64.6 Å². The summed E-state index contributed by atoms with van der Waals surface area (Å²) in [5.41, 5.74) is 10.3. The number of carboxylic acids is 2. The number of nitrogens with zero attached hydrogens (tertiary/aromatic N) is 4. The molecule has 20 heteroatoms. The number of aromatic hydroxyl groups is 2. The van der Waals surface area contributed by atoms with Crippen LogP contribution in [0.3, 0.4) is 0 Å². The van der Waals surface area contributed by atoms with E-state index in [-0.39, 0.29) is 66.8 Å². The maximum Gasteiger partial charge on any atom is 0.337 e. The summed E-state index contributed by atoms with van der Waals surface area (Å²) in [6.07, 6.45) is 0. The third-order valence-corrected chi connectivity index (χ3v) is 9.90. The summed E-state index contributed by atoms with van der Waals surface area (Å²) in [6, 6.07) is 17.1. The van der Waals surface area contributed by atoms with Gasteiger partial charge < -0.3 is 31.9 Å². The maximum absolute atomic E-state index is 12.3. The second kappa shape index (κ2) is 13.5. The van der Waals surface area contributed by atoms with E-state index in [1.165, 1.54) is 60.7 Å². The lowest BCUT2D eigenvalue weighted by Gasteiger charge is -2.11. The van der Waals surface area contributed by atoms with Gasteiger partial charge in [-0.05, 0) is 59.7 Å². The average Bonchev–Trinajstić information content (AvgIpc) is 3.09. The Balaban J connectivity index is 1.39. The molecule has 6 aromatic rings.